The third-order valence-corrected chi connectivity index (χ3v) is 7.68. The number of carbonyl (C=O) groups excluding carboxylic acids is 2. The summed E-state index contributed by atoms with van der Waals surface area (Å²) in [5, 5.41) is 12.3. The van der Waals surface area contributed by atoms with Gasteiger partial charge in [-0.2, -0.15) is 0 Å². The Morgan fingerprint density at radius 2 is 1.69 bits per heavy atom. The molecule has 1 aliphatic heterocycles. The first-order valence-electron chi connectivity index (χ1n) is 12.5. The van der Waals surface area contributed by atoms with Crippen molar-refractivity contribution in [3.8, 4) is 11.1 Å². The van der Waals surface area contributed by atoms with E-state index in [9.17, 15) is 19.5 Å². The van der Waals surface area contributed by atoms with Crippen LogP contribution in [-0.2, 0) is 14.3 Å². The van der Waals surface area contributed by atoms with Gasteiger partial charge in [0, 0.05) is 18.5 Å². The predicted molar refractivity (Wildman–Crippen MR) is 133 cm³/mol. The second kappa shape index (κ2) is 10.5. The van der Waals surface area contributed by atoms with Crippen molar-refractivity contribution < 1.29 is 24.2 Å². The molecule has 35 heavy (non-hydrogen) atoms. The van der Waals surface area contributed by atoms with Crippen LogP contribution in [0.2, 0.25) is 0 Å². The topological polar surface area (TPSA) is 95.9 Å². The number of hydrogen-bond donors (Lipinski definition) is 2. The van der Waals surface area contributed by atoms with E-state index in [1.54, 1.807) is 11.8 Å². The molecule has 1 fully saturated rings. The molecule has 7 nitrogen and oxygen atoms in total. The zero-order valence-electron chi connectivity index (χ0n) is 20.6. The number of rotatable bonds is 7. The average molecular weight is 479 g/mol. The zero-order valence-corrected chi connectivity index (χ0v) is 20.6. The lowest BCUT2D eigenvalue weighted by atomic mass is 9.88. The molecular formula is C28H34N2O5. The molecule has 2 aromatic rings. The second-order valence-electron chi connectivity index (χ2n) is 9.69. The maximum Gasteiger partial charge on any atom is 0.407 e. The molecule has 186 valence electrons. The van der Waals surface area contributed by atoms with Crippen LogP contribution in [0.1, 0.15) is 57.1 Å². The molecule has 0 radical (unpaired) electrons. The Morgan fingerprint density at radius 1 is 1.09 bits per heavy atom. The van der Waals surface area contributed by atoms with Crippen LogP contribution in [0.4, 0.5) is 4.79 Å². The number of benzene rings is 2. The highest BCUT2D eigenvalue weighted by Gasteiger charge is 2.39. The summed E-state index contributed by atoms with van der Waals surface area (Å²) in [7, 11) is 0. The van der Waals surface area contributed by atoms with Crippen molar-refractivity contribution in [1.29, 1.82) is 0 Å². The van der Waals surface area contributed by atoms with Crippen molar-refractivity contribution >= 4 is 18.0 Å². The van der Waals surface area contributed by atoms with Crippen LogP contribution in [-0.4, -0.2) is 53.2 Å². The van der Waals surface area contributed by atoms with Crippen molar-refractivity contribution in [2.24, 2.45) is 11.8 Å². The predicted octanol–water partition coefficient (Wildman–Crippen LogP) is 4.65. The summed E-state index contributed by atoms with van der Waals surface area (Å²) in [6.07, 6.45) is 1.23. The summed E-state index contributed by atoms with van der Waals surface area (Å²) in [4.78, 5) is 39.6. The molecule has 2 aromatic carbocycles. The Balaban J connectivity index is 1.45. The van der Waals surface area contributed by atoms with E-state index in [1.165, 1.54) is 0 Å². The number of amides is 2. The van der Waals surface area contributed by atoms with E-state index in [2.05, 4.69) is 29.6 Å². The van der Waals surface area contributed by atoms with Gasteiger partial charge in [-0.05, 0) is 47.9 Å². The lowest BCUT2D eigenvalue weighted by Crippen LogP contribution is -2.57. The number of hydrogen-bond acceptors (Lipinski definition) is 4. The molecule has 0 bridgehead atoms. The quantitative estimate of drug-likeness (QED) is 0.604. The summed E-state index contributed by atoms with van der Waals surface area (Å²) in [6.45, 7) is 6.31. The molecule has 4 rings (SSSR count). The highest BCUT2D eigenvalue weighted by Crippen LogP contribution is 2.44. The monoisotopic (exact) mass is 478 g/mol. The van der Waals surface area contributed by atoms with Crippen LogP contribution in [0.25, 0.3) is 11.1 Å². The minimum absolute atomic E-state index is 0.0654. The average Bonchev–Trinajstić information content (AvgIpc) is 3.19. The smallest absolute Gasteiger partial charge is 0.407 e. The van der Waals surface area contributed by atoms with Crippen LogP contribution in [0.5, 0.6) is 0 Å². The molecule has 1 aliphatic carbocycles. The Morgan fingerprint density at radius 3 is 2.26 bits per heavy atom. The summed E-state index contributed by atoms with van der Waals surface area (Å²) in [5.74, 6) is -1.92. The van der Waals surface area contributed by atoms with Crippen molar-refractivity contribution in [2.75, 3.05) is 13.2 Å². The molecule has 2 amide bonds. The number of carboxylic acid groups (broad SMARTS) is 1. The van der Waals surface area contributed by atoms with Gasteiger partial charge in [0.25, 0.3) is 0 Å². The largest absolute Gasteiger partial charge is 0.481 e. The van der Waals surface area contributed by atoms with Gasteiger partial charge in [0.2, 0.25) is 5.91 Å². The fourth-order valence-electron chi connectivity index (χ4n) is 5.41. The highest BCUT2D eigenvalue weighted by atomic mass is 16.5. The first kappa shape index (κ1) is 24.8. The number of carboxylic acids is 1. The standard InChI is InChI=1S/C28H34N2O5/c1-4-17(2)25(26(31)30-15-9-14-19(18(30)3)27(32)33)29-28(34)35-16-24-22-12-7-5-10-20(22)21-11-6-8-13-23(21)24/h5-8,10-13,17-19,24-25H,4,9,14-16H2,1-3H3,(H,29,34)(H,32,33). The Labute approximate surface area is 206 Å². The number of aliphatic carboxylic acids is 1. The van der Waals surface area contributed by atoms with Crippen LogP contribution in [0.15, 0.2) is 48.5 Å². The normalized spacial score (nSPS) is 20.9. The van der Waals surface area contributed by atoms with Gasteiger partial charge < -0.3 is 20.1 Å². The lowest BCUT2D eigenvalue weighted by Gasteiger charge is -2.40. The number of carbonyl (C=O) groups is 3. The number of ether oxygens (including phenoxy) is 1. The maximum atomic E-state index is 13.5. The van der Waals surface area contributed by atoms with E-state index < -0.39 is 30.1 Å². The molecule has 7 heteroatoms. The minimum Gasteiger partial charge on any atom is -0.481 e. The van der Waals surface area contributed by atoms with Crippen molar-refractivity contribution in [2.45, 2.75) is 58.0 Å². The van der Waals surface area contributed by atoms with Crippen molar-refractivity contribution in [3.05, 3.63) is 59.7 Å². The third-order valence-electron chi connectivity index (χ3n) is 7.68. The number of nitrogens with one attached hydrogen (secondary N) is 1. The molecule has 4 unspecified atom stereocenters. The second-order valence-corrected chi connectivity index (χ2v) is 9.69. The zero-order chi connectivity index (χ0) is 25.1. The van der Waals surface area contributed by atoms with Gasteiger partial charge in [-0.25, -0.2) is 4.79 Å². The van der Waals surface area contributed by atoms with E-state index in [4.69, 9.17) is 4.74 Å². The van der Waals surface area contributed by atoms with E-state index in [0.29, 0.717) is 25.8 Å². The van der Waals surface area contributed by atoms with E-state index in [1.807, 2.05) is 38.1 Å². The van der Waals surface area contributed by atoms with Crippen LogP contribution >= 0.6 is 0 Å². The van der Waals surface area contributed by atoms with Crippen LogP contribution in [0, 0.1) is 11.8 Å². The molecule has 2 N–H and O–H groups in total. The summed E-state index contributed by atoms with van der Waals surface area (Å²) < 4.78 is 5.67. The van der Waals surface area contributed by atoms with Gasteiger partial charge in [-0.1, -0.05) is 68.8 Å². The van der Waals surface area contributed by atoms with E-state index in [0.717, 1.165) is 22.3 Å². The van der Waals surface area contributed by atoms with Crippen molar-refractivity contribution in [3.63, 3.8) is 0 Å². The Kier molecular flexibility index (Phi) is 7.43. The molecule has 4 atom stereocenters. The third kappa shape index (κ3) is 4.90. The first-order chi connectivity index (χ1) is 16.8. The Hall–Kier alpha value is -3.35. The van der Waals surface area contributed by atoms with Gasteiger partial charge in [-0.15, -0.1) is 0 Å². The molecule has 0 saturated carbocycles. The number of fused-ring (bicyclic) bond motifs is 3. The molecular weight excluding hydrogens is 444 g/mol. The minimum atomic E-state index is -0.889. The van der Waals surface area contributed by atoms with Gasteiger partial charge in [0.15, 0.2) is 0 Å². The van der Waals surface area contributed by atoms with Gasteiger partial charge in [0.1, 0.15) is 12.6 Å². The van der Waals surface area contributed by atoms with E-state index in [-0.39, 0.29) is 24.3 Å². The fraction of sp³-hybridized carbons (Fsp3) is 0.464. The maximum absolute atomic E-state index is 13.5. The molecule has 1 heterocycles. The van der Waals surface area contributed by atoms with E-state index >= 15 is 0 Å². The van der Waals surface area contributed by atoms with Crippen LogP contribution in [0.3, 0.4) is 0 Å². The number of alkyl carbamates (subject to hydrolysis) is 1. The Bertz CT molecular complexity index is 1050. The summed E-state index contributed by atoms with van der Waals surface area (Å²) in [6, 6.07) is 15.1. The molecule has 1 saturated heterocycles. The van der Waals surface area contributed by atoms with Gasteiger partial charge in [0.05, 0.1) is 5.92 Å². The number of likely N-dealkylation sites (tertiary alicyclic amines) is 1. The van der Waals surface area contributed by atoms with Crippen molar-refractivity contribution in [1.82, 2.24) is 10.2 Å². The molecule has 0 aromatic heterocycles. The number of nitrogens with zero attached hydrogens (tertiary/aromatic N) is 1. The highest BCUT2D eigenvalue weighted by molar-refractivity contribution is 5.87. The summed E-state index contributed by atoms with van der Waals surface area (Å²) in [5.41, 5.74) is 4.55. The molecule has 2 aliphatic rings. The number of piperidine rings is 1. The first-order valence-corrected chi connectivity index (χ1v) is 12.5. The summed E-state index contributed by atoms with van der Waals surface area (Å²) >= 11 is 0. The lowest BCUT2D eigenvalue weighted by molar-refractivity contribution is -0.150. The van der Waals surface area contributed by atoms with Crippen LogP contribution < -0.4 is 5.32 Å². The molecule has 0 spiro atoms. The SMILES string of the molecule is CCC(C)C(NC(=O)OCC1c2ccccc2-c2ccccc21)C(=O)N1CCCC(C(=O)O)C1C. The van der Waals surface area contributed by atoms with Gasteiger partial charge in [-0.3, -0.25) is 9.59 Å². The van der Waals surface area contributed by atoms with Gasteiger partial charge >= 0.3 is 12.1 Å². The fourth-order valence-corrected chi connectivity index (χ4v) is 5.41.